The van der Waals surface area contributed by atoms with Crippen LogP contribution in [0.4, 0.5) is 0 Å². The van der Waals surface area contributed by atoms with Gasteiger partial charge in [0, 0.05) is 7.11 Å². The van der Waals surface area contributed by atoms with Gasteiger partial charge < -0.3 is 19.3 Å². The fourth-order valence-electron chi connectivity index (χ4n) is 9.84. The van der Waals surface area contributed by atoms with Gasteiger partial charge in [-0.05, 0) is 104 Å². The summed E-state index contributed by atoms with van der Waals surface area (Å²) in [5.74, 6) is 4.21. The van der Waals surface area contributed by atoms with Gasteiger partial charge in [-0.25, -0.2) is 0 Å². The summed E-state index contributed by atoms with van der Waals surface area (Å²) in [6.45, 7) is 15.5. The number of fused-ring (bicyclic) bond motifs is 5. The number of aliphatic hydroxyl groups excluding tert-OH is 1. The SMILES string of the molecule is C=CC[C@@H](C)[C@H]1CC[C@H]2C3[C@H](O)[C@H](CC)[C@@H]4C[C@H](OCOCCOC)CC[C@]4(C)[C@H]3CCC12C. The van der Waals surface area contributed by atoms with E-state index >= 15 is 0 Å². The highest BCUT2D eigenvalue weighted by Gasteiger charge is 2.64. The van der Waals surface area contributed by atoms with Crippen LogP contribution in [-0.2, 0) is 14.2 Å². The van der Waals surface area contributed by atoms with E-state index in [-0.39, 0.29) is 12.2 Å². The summed E-state index contributed by atoms with van der Waals surface area (Å²) in [6, 6.07) is 0. The summed E-state index contributed by atoms with van der Waals surface area (Å²) in [5, 5.41) is 12.0. The third-order valence-electron chi connectivity index (χ3n) is 11.5. The zero-order valence-electron chi connectivity index (χ0n) is 22.6. The zero-order valence-corrected chi connectivity index (χ0v) is 22.6. The predicted molar refractivity (Wildman–Crippen MR) is 137 cm³/mol. The van der Waals surface area contributed by atoms with Gasteiger partial charge in [0.1, 0.15) is 6.79 Å². The molecule has 0 heterocycles. The lowest BCUT2D eigenvalue weighted by molar-refractivity contribution is -0.213. The molecule has 4 nitrogen and oxygen atoms in total. The van der Waals surface area contributed by atoms with E-state index < -0.39 is 0 Å². The Morgan fingerprint density at radius 1 is 1.03 bits per heavy atom. The highest BCUT2D eigenvalue weighted by molar-refractivity contribution is 5.13. The second-order valence-corrected chi connectivity index (χ2v) is 12.8. The lowest BCUT2D eigenvalue weighted by Gasteiger charge is -2.65. The van der Waals surface area contributed by atoms with Gasteiger partial charge in [-0.2, -0.15) is 0 Å². The number of hydrogen-bond acceptors (Lipinski definition) is 4. The van der Waals surface area contributed by atoms with Crippen molar-refractivity contribution in [3.05, 3.63) is 12.7 Å². The van der Waals surface area contributed by atoms with Crippen molar-refractivity contribution in [3.63, 3.8) is 0 Å². The molecule has 0 spiro atoms. The molecule has 4 aliphatic rings. The van der Waals surface area contributed by atoms with Gasteiger partial charge in [-0.1, -0.05) is 40.2 Å². The van der Waals surface area contributed by atoms with Crippen LogP contribution < -0.4 is 0 Å². The molecule has 4 saturated carbocycles. The first-order chi connectivity index (χ1) is 16.3. The molecule has 0 bridgehead atoms. The maximum Gasteiger partial charge on any atom is 0.147 e. The van der Waals surface area contributed by atoms with E-state index in [0.29, 0.717) is 66.3 Å². The molecule has 2 unspecified atom stereocenters. The molecule has 0 radical (unpaired) electrons. The lowest BCUT2D eigenvalue weighted by atomic mass is 9.41. The third-order valence-corrected chi connectivity index (χ3v) is 11.5. The van der Waals surface area contributed by atoms with Crippen molar-refractivity contribution in [3.8, 4) is 0 Å². The van der Waals surface area contributed by atoms with Crippen molar-refractivity contribution in [2.24, 2.45) is 52.3 Å². The molecule has 0 aromatic heterocycles. The average molecular weight is 477 g/mol. The molecule has 0 aromatic rings. The molecule has 0 amide bonds. The van der Waals surface area contributed by atoms with Crippen LogP contribution in [0.3, 0.4) is 0 Å². The first kappa shape index (κ1) is 26.6. The Morgan fingerprint density at radius 3 is 2.47 bits per heavy atom. The van der Waals surface area contributed by atoms with Crippen LogP contribution >= 0.6 is 0 Å². The first-order valence-electron chi connectivity index (χ1n) is 14.3. The van der Waals surface area contributed by atoms with Gasteiger partial charge in [-0.15, -0.1) is 6.58 Å². The maximum absolute atomic E-state index is 12.0. The maximum atomic E-state index is 12.0. The highest BCUT2D eigenvalue weighted by atomic mass is 16.7. The molecule has 196 valence electrons. The Bertz CT molecular complexity index is 681. The molecule has 4 fully saturated rings. The summed E-state index contributed by atoms with van der Waals surface area (Å²) in [5.41, 5.74) is 0.708. The topological polar surface area (TPSA) is 47.9 Å². The standard InChI is InChI=1S/C30H52O4/c1-7-9-20(3)23-10-11-24-27-25(13-15-29(23,24)4)30(5)14-12-21(34-19-33-17-16-32-6)18-26(30)22(8-2)28(27)31/h7,20-28,31H,1,8-19H2,2-6H3/t20-,21-,22-,23-,24+,25+,26+,27?,28-,29?,30-/m1/s1. The summed E-state index contributed by atoms with van der Waals surface area (Å²) in [4.78, 5) is 0. The fourth-order valence-corrected chi connectivity index (χ4v) is 9.84. The van der Waals surface area contributed by atoms with Crippen LogP contribution in [-0.4, -0.2) is 44.4 Å². The molecule has 0 aromatic carbocycles. The molecule has 11 atom stereocenters. The molecule has 0 aliphatic heterocycles. The summed E-state index contributed by atoms with van der Waals surface area (Å²) >= 11 is 0. The van der Waals surface area contributed by atoms with E-state index in [9.17, 15) is 5.11 Å². The van der Waals surface area contributed by atoms with E-state index in [1.165, 1.54) is 32.1 Å². The summed E-state index contributed by atoms with van der Waals surface area (Å²) < 4.78 is 16.8. The second-order valence-electron chi connectivity index (χ2n) is 12.8. The second kappa shape index (κ2) is 10.9. The minimum Gasteiger partial charge on any atom is -0.393 e. The van der Waals surface area contributed by atoms with E-state index in [0.717, 1.165) is 31.6 Å². The number of aliphatic hydroxyl groups is 1. The van der Waals surface area contributed by atoms with Crippen LogP contribution in [0.5, 0.6) is 0 Å². The quantitative estimate of drug-likeness (QED) is 0.223. The van der Waals surface area contributed by atoms with Crippen molar-refractivity contribution in [1.82, 2.24) is 0 Å². The first-order valence-corrected chi connectivity index (χ1v) is 14.3. The van der Waals surface area contributed by atoms with Crippen LogP contribution in [0.2, 0.25) is 0 Å². The molecule has 4 heteroatoms. The van der Waals surface area contributed by atoms with Gasteiger partial charge in [0.15, 0.2) is 0 Å². The van der Waals surface area contributed by atoms with E-state index in [1.807, 2.05) is 0 Å². The van der Waals surface area contributed by atoms with Crippen molar-refractivity contribution in [2.45, 2.75) is 97.7 Å². The number of hydrogen-bond donors (Lipinski definition) is 1. The number of methoxy groups -OCH3 is 1. The van der Waals surface area contributed by atoms with Crippen molar-refractivity contribution >= 4 is 0 Å². The summed E-state index contributed by atoms with van der Waals surface area (Å²) in [7, 11) is 1.69. The highest BCUT2D eigenvalue weighted by Crippen LogP contribution is 2.69. The number of rotatable bonds is 10. The van der Waals surface area contributed by atoms with Crippen molar-refractivity contribution in [2.75, 3.05) is 27.1 Å². The van der Waals surface area contributed by atoms with Gasteiger partial charge >= 0.3 is 0 Å². The monoisotopic (exact) mass is 476 g/mol. The molecule has 4 aliphatic carbocycles. The Kier molecular flexibility index (Phi) is 8.55. The van der Waals surface area contributed by atoms with E-state index in [2.05, 4.69) is 40.3 Å². The van der Waals surface area contributed by atoms with Crippen LogP contribution in [0.25, 0.3) is 0 Å². The van der Waals surface area contributed by atoms with Crippen LogP contribution in [0.1, 0.15) is 85.5 Å². The van der Waals surface area contributed by atoms with Crippen LogP contribution in [0, 0.1) is 52.3 Å². The fraction of sp³-hybridized carbons (Fsp3) is 0.933. The van der Waals surface area contributed by atoms with Gasteiger partial charge in [0.2, 0.25) is 0 Å². The Labute approximate surface area is 209 Å². The normalized spacial score (nSPS) is 46.9. The zero-order chi connectivity index (χ0) is 24.5. The lowest BCUT2D eigenvalue weighted by Crippen LogP contribution is -2.62. The average Bonchev–Trinajstić information content (AvgIpc) is 3.17. The van der Waals surface area contributed by atoms with Crippen molar-refractivity contribution in [1.29, 1.82) is 0 Å². The van der Waals surface area contributed by atoms with Crippen molar-refractivity contribution < 1.29 is 19.3 Å². The molecule has 0 saturated heterocycles. The van der Waals surface area contributed by atoms with E-state index in [1.54, 1.807) is 7.11 Å². The molecular formula is C30H52O4. The molecule has 4 rings (SSSR count). The smallest absolute Gasteiger partial charge is 0.147 e. The Balaban J connectivity index is 1.50. The largest absolute Gasteiger partial charge is 0.393 e. The minimum absolute atomic E-state index is 0.164. The summed E-state index contributed by atoms with van der Waals surface area (Å²) in [6.07, 6.45) is 13.1. The van der Waals surface area contributed by atoms with Gasteiger partial charge in [0.25, 0.3) is 0 Å². The number of ether oxygens (including phenoxy) is 3. The Morgan fingerprint density at radius 2 is 1.76 bits per heavy atom. The molecule has 1 N–H and O–H groups in total. The Hall–Kier alpha value is -0.420. The van der Waals surface area contributed by atoms with Gasteiger partial charge in [-0.3, -0.25) is 0 Å². The van der Waals surface area contributed by atoms with E-state index in [4.69, 9.17) is 14.2 Å². The number of allylic oxidation sites excluding steroid dienone is 1. The molecular weight excluding hydrogens is 424 g/mol. The van der Waals surface area contributed by atoms with Crippen LogP contribution in [0.15, 0.2) is 12.7 Å². The minimum atomic E-state index is -0.164. The molecule has 34 heavy (non-hydrogen) atoms. The van der Waals surface area contributed by atoms with Gasteiger partial charge in [0.05, 0.1) is 25.4 Å². The predicted octanol–water partition coefficient (Wildman–Crippen LogP) is 6.47. The third kappa shape index (κ3) is 4.55.